The Morgan fingerprint density at radius 2 is 1.64 bits per heavy atom. The number of amides is 2. The lowest BCUT2D eigenvalue weighted by Gasteiger charge is -2.26. The Hall–Kier alpha value is -4.74. The average Bonchev–Trinajstić information content (AvgIpc) is 3.66. The smallest absolute Gasteiger partial charge is 0.262 e. The Balaban J connectivity index is 1.20. The van der Waals surface area contributed by atoms with Gasteiger partial charge in [0.1, 0.15) is 11.3 Å². The number of carbonyl (C=O) groups is 2. The Labute approximate surface area is 297 Å². The first-order chi connectivity index (χ1) is 24.2. The van der Waals surface area contributed by atoms with Crippen molar-refractivity contribution in [1.29, 1.82) is 0 Å². The van der Waals surface area contributed by atoms with Gasteiger partial charge >= 0.3 is 0 Å². The molecule has 10 nitrogen and oxygen atoms in total. The van der Waals surface area contributed by atoms with Crippen LogP contribution in [-0.2, 0) is 0 Å². The van der Waals surface area contributed by atoms with Gasteiger partial charge in [-0.15, -0.1) is 0 Å². The van der Waals surface area contributed by atoms with E-state index in [1.807, 2.05) is 32.0 Å². The van der Waals surface area contributed by atoms with Gasteiger partial charge in [0, 0.05) is 48.8 Å². The molecule has 2 saturated heterocycles. The van der Waals surface area contributed by atoms with E-state index in [2.05, 4.69) is 25.5 Å². The standard InChI is InChI=1S/C38H42ClFN6O4/c1-25-10-8-11-26(2)34(25)43-35(47)29-24-41-38(42-28-13-15-33(31(40)23-28)49-21-9-18-45-16-4-3-5-17-45)44-36(29)50-32-14-12-27(22-30(32)39)37(48)46-19-6-7-20-46/h8,10-15,22-24H,3-7,9,16-21H2,1-2H3,(H,43,47)(H,41,42,44). The van der Waals surface area contributed by atoms with E-state index in [0.717, 1.165) is 50.0 Å². The highest BCUT2D eigenvalue weighted by molar-refractivity contribution is 6.32. The number of ether oxygens (including phenoxy) is 2. The maximum absolute atomic E-state index is 15.0. The quantitative estimate of drug-likeness (QED) is 0.143. The number of anilines is 3. The lowest BCUT2D eigenvalue weighted by molar-refractivity contribution is 0.0792. The summed E-state index contributed by atoms with van der Waals surface area (Å²) in [4.78, 5) is 39.6. The molecule has 0 bridgehead atoms. The summed E-state index contributed by atoms with van der Waals surface area (Å²) in [5.74, 6) is -0.768. The second-order valence-electron chi connectivity index (χ2n) is 12.8. The molecule has 0 spiro atoms. The predicted molar refractivity (Wildman–Crippen MR) is 193 cm³/mol. The summed E-state index contributed by atoms with van der Waals surface area (Å²) in [6.45, 7) is 8.81. The van der Waals surface area contributed by atoms with Crippen molar-refractivity contribution in [2.75, 3.05) is 50.0 Å². The van der Waals surface area contributed by atoms with Gasteiger partial charge in [-0.05, 0) is 100 Å². The fraction of sp³-hybridized carbons (Fsp3) is 0.368. The zero-order valence-corrected chi connectivity index (χ0v) is 29.2. The van der Waals surface area contributed by atoms with Crippen molar-refractivity contribution < 1.29 is 23.5 Å². The SMILES string of the molecule is Cc1cccc(C)c1NC(=O)c1cnc(Nc2ccc(OCCCN3CCCCC3)c(F)c2)nc1Oc1ccc(C(=O)N2CCCC2)cc1Cl. The zero-order chi connectivity index (χ0) is 35.0. The molecule has 262 valence electrons. The van der Waals surface area contributed by atoms with Crippen LogP contribution in [0.5, 0.6) is 17.4 Å². The normalized spacial score (nSPS) is 14.8. The third-order valence-electron chi connectivity index (χ3n) is 9.01. The van der Waals surface area contributed by atoms with E-state index >= 15 is 4.39 Å². The molecule has 0 radical (unpaired) electrons. The van der Waals surface area contributed by atoms with Gasteiger partial charge in [0.15, 0.2) is 11.6 Å². The van der Waals surface area contributed by atoms with E-state index < -0.39 is 11.7 Å². The van der Waals surface area contributed by atoms with Crippen LogP contribution < -0.4 is 20.1 Å². The van der Waals surface area contributed by atoms with Gasteiger partial charge in [-0.1, -0.05) is 36.2 Å². The molecule has 0 aliphatic carbocycles. The molecule has 12 heteroatoms. The fourth-order valence-electron chi connectivity index (χ4n) is 6.25. The first-order valence-corrected chi connectivity index (χ1v) is 17.6. The van der Waals surface area contributed by atoms with Crippen LogP contribution in [0.25, 0.3) is 0 Å². The molecule has 6 rings (SSSR count). The summed E-state index contributed by atoms with van der Waals surface area (Å²) in [6.07, 6.45) is 7.85. The van der Waals surface area contributed by atoms with Crippen LogP contribution in [0.3, 0.4) is 0 Å². The molecule has 50 heavy (non-hydrogen) atoms. The molecule has 0 unspecified atom stereocenters. The lowest BCUT2D eigenvalue weighted by Crippen LogP contribution is -2.31. The fourth-order valence-corrected chi connectivity index (χ4v) is 6.47. The van der Waals surface area contributed by atoms with E-state index in [1.54, 1.807) is 35.2 Å². The van der Waals surface area contributed by atoms with E-state index in [9.17, 15) is 9.59 Å². The number of rotatable bonds is 12. The summed E-state index contributed by atoms with van der Waals surface area (Å²) < 4.78 is 26.9. The van der Waals surface area contributed by atoms with Crippen LogP contribution in [0.1, 0.15) is 70.4 Å². The average molecular weight is 701 g/mol. The Morgan fingerprint density at radius 1 is 0.920 bits per heavy atom. The molecule has 0 saturated carbocycles. The van der Waals surface area contributed by atoms with Crippen molar-refractivity contribution >= 4 is 40.7 Å². The van der Waals surface area contributed by atoms with E-state index in [0.29, 0.717) is 36.6 Å². The number of nitrogens with one attached hydrogen (secondary N) is 2. The van der Waals surface area contributed by atoms with Crippen molar-refractivity contribution in [1.82, 2.24) is 19.8 Å². The van der Waals surface area contributed by atoms with E-state index in [4.69, 9.17) is 21.1 Å². The number of benzene rings is 3. The zero-order valence-electron chi connectivity index (χ0n) is 28.4. The number of halogens is 2. The minimum Gasteiger partial charge on any atom is -0.490 e. The molecule has 2 N–H and O–H groups in total. The second-order valence-corrected chi connectivity index (χ2v) is 13.2. The minimum atomic E-state index is -0.524. The molecule has 2 aliphatic heterocycles. The number of likely N-dealkylation sites (tertiary alicyclic amines) is 2. The van der Waals surface area contributed by atoms with Gasteiger partial charge in [-0.25, -0.2) is 9.37 Å². The van der Waals surface area contributed by atoms with Crippen LogP contribution in [0.4, 0.5) is 21.7 Å². The Morgan fingerprint density at radius 3 is 2.36 bits per heavy atom. The summed E-state index contributed by atoms with van der Waals surface area (Å²) in [5, 5.41) is 6.12. The monoisotopic (exact) mass is 700 g/mol. The molecule has 2 aliphatic rings. The van der Waals surface area contributed by atoms with Crippen molar-refractivity contribution in [2.24, 2.45) is 0 Å². The second kappa shape index (κ2) is 16.3. The van der Waals surface area contributed by atoms with Crippen molar-refractivity contribution in [3.05, 3.63) is 93.9 Å². The topological polar surface area (TPSA) is 109 Å². The summed E-state index contributed by atoms with van der Waals surface area (Å²) in [7, 11) is 0. The number of piperidine rings is 1. The van der Waals surface area contributed by atoms with Gasteiger partial charge < -0.3 is 29.9 Å². The van der Waals surface area contributed by atoms with Gasteiger partial charge in [0.2, 0.25) is 11.8 Å². The van der Waals surface area contributed by atoms with E-state index in [1.165, 1.54) is 31.5 Å². The molecule has 2 amide bonds. The van der Waals surface area contributed by atoms with Crippen molar-refractivity contribution in [3.8, 4) is 17.4 Å². The third-order valence-corrected chi connectivity index (χ3v) is 9.31. The van der Waals surface area contributed by atoms with E-state index in [-0.39, 0.29) is 39.8 Å². The summed E-state index contributed by atoms with van der Waals surface area (Å²) in [5.41, 5.74) is 3.31. The molecular formula is C38H42ClFN6O4. The molecule has 3 heterocycles. The van der Waals surface area contributed by atoms with Gasteiger partial charge in [-0.3, -0.25) is 9.59 Å². The van der Waals surface area contributed by atoms with Crippen molar-refractivity contribution in [3.63, 3.8) is 0 Å². The Bertz CT molecular complexity index is 1820. The number of aromatic nitrogens is 2. The molecule has 4 aromatic rings. The molecule has 2 fully saturated rings. The highest BCUT2D eigenvalue weighted by Crippen LogP contribution is 2.33. The van der Waals surface area contributed by atoms with Crippen LogP contribution in [0, 0.1) is 19.7 Å². The van der Waals surface area contributed by atoms with Gasteiger partial charge in [0.25, 0.3) is 11.8 Å². The highest BCUT2D eigenvalue weighted by atomic mass is 35.5. The molecule has 1 aromatic heterocycles. The van der Waals surface area contributed by atoms with Crippen LogP contribution >= 0.6 is 11.6 Å². The number of nitrogens with zero attached hydrogens (tertiary/aromatic N) is 4. The molecule has 0 atom stereocenters. The summed E-state index contributed by atoms with van der Waals surface area (Å²) in [6, 6.07) is 15.0. The molecular weight excluding hydrogens is 659 g/mol. The number of hydrogen-bond donors (Lipinski definition) is 2. The predicted octanol–water partition coefficient (Wildman–Crippen LogP) is 8.16. The number of para-hydroxylation sites is 1. The lowest BCUT2D eigenvalue weighted by atomic mass is 10.1. The number of hydrogen-bond acceptors (Lipinski definition) is 8. The van der Waals surface area contributed by atoms with Gasteiger partial charge in [-0.2, -0.15) is 4.98 Å². The minimum absolute atomic E-state index is 0.0472. The number of carbonyl (C=O) groups excluding carboxylic acids is 2. The Kier molecular flexibility index (Phi) is 11.5. The first-order valence-electron chi connectivity index (χ1n) is 17.2. The largest absolute Gasteiger partial charge is 0.490 e. The van der Waals surface area contributed by atoms with Crippen LogP contribution in [-0.4, -0.2) is 70.9 Å². The maximum Gasteiger partial charge on any atom is 0.262 e. The van der Waals surface area contributed by atoms with Gasteiger partial charge in [0.05, 0.1) is 11.6 Å². The van der Waals surface area contributed by atoms with Crippen molar-refractivity contribution in [2.45, 2.75) is 52.4 Å². The highest BCUT2D eigenvalue weighted by Gasteiger charge is 2.23. The first kappa shape index (κ1) is 35.1. The third kappa shape index (κ3) is 8.70. The number of aryl methyl sites for hydroxylation is 2. The molecule has 3 aromatic carbocycles. The maximum atomic E-state index is 15.0. The summed E-state index contributed by atoms with van der Waals surface area (Å²) >= 11 is 6.61. The van der Waals surface area contributed by atoms with Crippen LogP contribution in [0.15, 0.2) is 60.8 Å². The van der Waals surface area contributed by atoms with Crippen LogP contribution in [0.2, 0.25) is 5.02 Å².